The number of nitrogens with zero attached hydrogens (tertiary/aromatic N) is 2. The van der Waals surface area contributed by atoms with Crippen LogP contribution in [0.15, 0.2) is 194 Å². The van der Waals surface area contributed by atoms with Crippen LogP contribution in [-0.2, 0) is 78.4 Å². The van der Waals surface area contributed by atoms with E-state index in [9.17, 15) is 28.8 Å². The third-order valence-electron chi connectivity index (χ3n) is 27.6. The van der Waals surface area contributed by atoms with Crippen molar-refractivity contribution >= 4 is 116 Å². The molecule has 2 heterocycles. The molecule has 2 saturated carbocycles. The lowest BCUT2D eigenvalue weighted by Crippen LogP contribution is -2.46. The molecule has 4 aliphatic rings. The Balaban J connectivity index is 0.000000357. The van der Waals surface area contributed by atoms with Crippen molar-refractivity contribution in [3.05, 3.63) is 268 Å². The van der Waals surface area contributed by atoms with Gasteiger partial charge in [-0.25, -0.2) is 0 Å². The standard InChI is InChI=1S/C20H30ClNO.C19H29ClN2O.C19H28ClNO.C18H26ClNO.C16H23ClN2O2.C16H24ClN.C15H22ClNO.CH4/c1-15(2)20(23)19(14-17-8-10-18(21)11-9-17)22-13-12-16-6-4-3-5-7-16;1-15(2)19(23)18(14-16-6-8-17(20)9-7-16)21-10-13-22-11-4-3-5-12-22;1-14(2)15(3)19(12-16-4-6-18(20)7-5-16)21-13-17-8-10-22-11-9-17;1-13(2)18(21)17(20-16-6-4-3-5-7-16)12-14-8-10-15(19)11-9-14;1-11(2)16(21)14(18-10-15(20)19(3)4)9-12-5-7-13(17)8-6-12;1-11(2)13(5)16(18-12(3)4)10-14-6-8-15(17)9-7-14;1-4-9-17-14(15(18)11(2)3)10-12-5-7-13(16)8-6-12;/h8-11,15-16,19,22H,3-7,12-14H2,1-2H3;6-9,15,18,21H,3-5,10-14H2,1-2H3;4-7,14,17,19,21H,3,8-13H2,1-2H3;8-11,13,16-17,20H,3-7,12H2,1-2H3;5-8,11,14,18H,9-10H2,1-4H3;6-9,11-12,16,18H,5,10H2,1-4H3;5-8,11,14,17H,4,9-10H2,1-3H3;1H4/t19-;18-;19-;17-;14-;16-;14-;/m1111111./s1. The van der Waals surface area contributed by atoms with Crippen molar-refractivity contribution in [3.63, 3.8) is 0 Å². The molecule has 147 heavy (non-hydrogen) atoms. The molecule has 0 spiro atoms. The van der Waals surface area contributed by atoms with Crippen molar-refractivity contribution in [1.82, 2.24) is 47.0 Å². The van der Waals surface area contributed by atoms with Gasteiger partial charge in [0.25, 0.3) is 0 Å². The van der Waals surface area contributed by atoms with E-state index in [0.29, 0.717) is 64.8 Å². The number of piperidine rings is 1. The minimum atomic E-state index is -0.366. The maximum atomic E-state index is 12.5. The molecule has 818 valence electrons. The summed E-state index contributed by atoms with van der Waals surface area (Å²) in [6, 6.07) is 55.7. The summed E-state index contributed by atoms with van der Waals surface area (Å²) in [4.78, 5) is 77.6. The van der Waals surface area contributed by atoms with Crippen LogP contribution in [0.3, 0.4) is 0 Å². The molecule has 2 saturated heterocycles. The molecule has 1 amide bonds. The van der Waals surface area contributed by atoms with Crippen LogP contribution in [0.5, 0.6) is 0 Å². The number of ether oxygens (including phenoxy) is 1. The van der Waals surface area contributed by atoms with Crippen LogP contribution in [0.1, 0.15) is 273 Å². The van der Waals surface area contributed by atoms with E-state index in [-0.39, 0.29) is 91.2 Å². The zero-order valence-electron chi connectivity index (χ0n) is 91.9. The Bertz CT molecular complexity index is 4710. The molecule has 11 rings (SSSR count). The number of halogens is 7. The van der Waals surface area contributed by atoms with Gasteiger partial charge in [0, 0.05) is 129 Å². The zero-order chi connectivity index (χ0) is 108. The summed E-state index contributed by atoms with van der Waals surface area (Å²) in [5, 5.41) is 29.6. The predicted molar refractivity (Wildman–Crippen MR) is 629 cm³/mol. The van der Waals surface area contributed by atoms with E-state index >= 15 is 0 Å². The van der Waals surface area contributed by atoms with Gasteiger partial charge in [0.2, 0.25) is 5.91 Å². The number of Topliss-reactive ketones (excluding diaryl/α,β-unsaturated/α-hetero) is 5. The monoisotopic (exact) mass is 2160 g/mol. The molecule has 0 unspecified atom stereocenters. The summed E-state index contributed by atoms with van der Waals surface area (Å²) in [6.07, 6.45) is 27.1. The number of likely N-dealkylation sites (N-methyl/N-ethyl adjacent to an activating group) is 1. The number of benzene rings is 7. The van der Waals surface area contributed by atoms with Crippen molar-refractivity contribution < 1.29 is 33.5 Å². The number of amides is 1. The highest BCUT2D eigenvalue weighted by molar-refractivity contribution is 6.32. The number of nitrogens with one attached hydrogen (secondary N) is 7. The van der Waals surface area contributed by atoms with E-state index in [1.807, 2.05) is 203 Å². The molecule has 0 bridgehead atoms. The molecular weight excluding hydrogens is 1980 g/mol. The van der Waals surface area contributed by atoms with Crippen molar-refractivity contribution in [3.8, 4) is 0 Å². The molecule has 23 heteroatoms. The number of carbonyl (C=O) groups is 6. The lowest BCUT2D eigenvalue weighted by atomic mass is 9.87. The van der Waals surface area contributed by atoms with Crippen molar-refractivity contribution in [1.29, 1.82) is 0 Å². The Morgan fingerprint density at radius 1 is 0.340 bits per heavy atom. The summed E-state index contributed by atoms with van der Waals surface area (Å²) in [5.74, 6) is 3.97. The first-order valence-electron chi connectivity index (χ1n) is 54.5. The summed E-state index contributed by atoms with van der Waals surface area (Å²) in [6.45, 7) is 52.5. The molecule has 2 aliphatic heterocycles. The number of likely N-dealkylation sites (tertiary alicyclic amines) is 1. The summed E-state index contributed by atoms with van der Waals surface area (Å²) < 4.78 is 5.44. The van der Waals surface area contributed by atoms with Crippen LogP contribution >= 0.6 is 81.2 Å². The molecule has 0 aromatic heterocycles. The van der Waals surface area contributed by atoms with Gasteiger partial charge in [-0.15, -0.1) is 0 Å². The fourth-order valence-corrected chi connectivity index (χ4v) is 19.1. The van der Waals surface area contributed by atoms with Crippen LogP contribution < -0.4 is 37.2 Å². The van der Waals surface area contributed by atoms with E-state index in [1.54, 1.807) is 26.2 Å². The molecule has 4 fully saturated rings. The number of carbonyl (C=O) groups excluding carboxylic acids is 6. The van der Waals surface area contributed by atoms with Crippen molar-refractivity contribution in [2.45, 2.75) is 334 Å². The van der Waals surface area contributed by atoms with Gasteiger partial charge < -0.3 is 46.4 Å². The highest BCUT2D eigenvalue weighted by Gasteiger charge is 2.30. The predicted octanol–water partition coefficient (Wildman–Crippen LogP) is 28.2. The zero-order valence-corrected chi connectivity index (χ0v) is 97.2. The fraction of sp³-hybridized carbons (Fsp3) is 0.581. The minimum Gasteiger partial charge on any atom is -0.381 e. The van der Waals surface area contributed by atoms with Gasteiger partial charge in [0.15, 0.2) is 28.9 Å². The Morgan fingerprint density at radius 2 is 0.626 bits per heavy atom. The average molecular weight is 2160 g/mol. The number of rotatable bonds is 49. The third-order valence-corrected chi connectivity index (χ3v) is 29.3. The van der Waals surface area contributed by atoms with E-state index in [2.05, 4.69) is 128 Å². The second-order valence-corrected chi connectivity index (χ2v) is 46.0. The maximum Gasteiger partial charge on any atom is 0.236 e. The highest BCUT2D eigenvalue weighted by Crippen LogP contribution is 2.29. The van der Waals surface area contributed by atoms with E-state index in [1.165, 1.54) is 141 Å². The first kappa shape index (κ1) is 133. The van der Waals surface area contributed by atoms with Gasteiger partial charge in [-0.3, -0.25) is 34.1 Å². The minimum absolute atomic E-state index is 0. The lowest BCUT2D eigenvalue weighted by Gasteiger charge is -2.29. The molecule has 7 aromatic rings. The highest BCUT2D eigenvalue weighted by atomic mass is 35.5. The lowest BCUT2D eigenvalue weighted by molar-refractivity contribution is -0.129. The van der Waals surface area contributed by atoms with Gasteiger partial charge in [-0.1, -0.05) is 373 Å². The Kier molecular flexibility index (Phi) is 67.3. The fourth-order valence-electron chi connectivity index (χ4n) is 18.2. The second-order valence-electron chi connectivity index (χ2n) is 42.9. The Morgan fingerprint density at radius 3 is 0.946 bits per heavy atom. The second kappa shape index (κ2) is 74.5. The van der Waals surface area contributed by atoms with Crippen LogP contribution in [0.2, 0.25) is 35.2 Å². The molecule has 2 aliphatic carbocycles. The summed E-state index contributed by atoms with van der Waals surface area (Å²) in [5.41, 5.74) is 10.8. The molecule has 7 atom stereocenters. The van der Waals surface area contributed by atoms with E-state index < -0.39 is 0 Å². The Hall–Kier alpha value is -6.49. The first-order valence-corrected chi connectivity index (χ1v) is 57.1. The van der Waals surface area contributed by atoms with Gasteiger partial charge in [-0.05, 0) is 277 Å². The molecule has 16 nitrogen and oxygen atoms in total. The van der Waals surface area contributed by atoms with E-state index in [0.717, 1.165) is 162 Å². The van der Waals surface area contributed by atoms with Gasteiger partial charge in [0.05, 0.1) is 36.8 Å². The molecule has 0 radical (unpaired) electrons. The van der Waals surface area contributed by atoms with Crippen LogP contribution in [0.25, 0.3) is 0 Å². The largest absolute Gasteiger partial charge is 0.381 e. The van der Waals surface area contributed by atoms with Crippen LogP contribution in [0.4, 0.5) is 0 Å². The summed E-state index contributed by atoms with van der Waals surface area (Å²) >= 11 is 41.4. The smallest absolute Gasteiger partial charge is 0.236 e. The maximum absolute atomic E-state index is 12.5. The van der Waals surface area contributed by atoms with Gasteiger partial charge in [0.1, 0.15) is 0 Å². The third kappa shape index (κ3) is 55.8. The van der Waals surface area contributed by atoms with Gasteiger partial charge in [-0.2, -0.15) is 0 Å². The normalized spacial score (nSPS) is 15.6. The van der Waals surface area contributed by atoms with Crippen molar-refractivity contribution in [2.75, 3.05) is 79.7 Å². The quantitative estimate of drug-likeness (QED) is 0.0177. The number of hydrogen-bond acceptors (Lipinski definition) is 15. The van der Waals surface area contributed by atoms with Crippen molar-refractivity contribution in [2.24, 2.45) is 53.3 Å². The van der Waals surface area contributed by atoms with Gasteiger partial charge >= 0.3 is 0 Å². The molecular formula is C124H186Cl7N9O7. The topological polar surface area (TPSA) is 202 Å². The number of hydrogen-bond donors (Lipinski definition) is 7. The van der Waals surface area contributed by atoms with Crippen LogP contribution in [0, 0.1) is 53.3 Å². The molecule has 7 N–H and O–H groups in total. The number of ketones is 5. The SMILES string of the molecule is C.C=C(C(C)C)[C@@H](Cc1ccc(Cl)cc1)NC(C)C.C=C(C(C)C)[C@@H](Cc1ccc(Cl)cc1)NCC1CCOCC1.CC(C)C(=O)[C@@H](Cc1ccc(Cl)cc1)NC1CCCCC1.CC(C)C(=O)[C@@H](Cc1ccc(Cl)cc1)NCC(=O)N(C)C.CC(C)C(=O)[C@@H](Cc1ccc(Cl)cc1)NCCC1CCCCC1.CC(C)C(=O)[C@@H](Cc1ccc(Cl)cc1)NCCN1CCCCC1.CCCN[C@H](Cc1ccc(Cl)cc1)C(=O)C(C)C. The Labute approximate surface area is 924 Å². The van der Waals surface area contributed by atoms with Crippen LogP contribution in [-0.4, -0.2) is 179 Å². The summed E-state index contributed by atoms with van der Waals surface area (Å²) in [7, 11) is 3.39. The average Bonchev–Trinajstić information content (AvgIpc) is 0.882. The first-order chi connectivity index (χ1) is 69.5. The molecule has 7 aromatic carbocycles. The van der Waals surface area contributed by atoms with E-state index in [4.69, 9.17) is 85.9 Å².